The highest BCUT2D eigenvalue weighted by atomic mass is 16.5. The monoisotopic (exact) mass is 440 g/mol. The van der Waals surface area contributed by atoms with Gasteiger partial charge in [0.1, 0.15) is 11.5 Å². The number of unbranched alkanes of at least 4 members (excludes halogenated alkanes) is 2. The van der Waals surface area contributed by atoms with Crippen LogP contribution in [0.1, 0.15) is 95.6 Å². The van der Waals surface area contributed by atoms with E-state index in [4.69, 9.17) is 9.47 Å². The lowest BCUT2D eigenvalue weighted by molar-refractivity contribution is -0.147. The Kier molecular flexibility index (Phi) is 6.97. The van der Waals surface area contributed by atoms with Crippen LogP contribution in [-0.4, -0.2) is 25.0 Å². The van der Waals surface area contributed by atoms with Crippen LogP contribution < -0.4 is 4.74 Å². The van der Waals surface area contributed by atoms with Gasteiger partial charge in [-0.1, -0.05) is 25.8 Å². The molecule has 0 heterocycles. The molecule has 0 aliphatic heterocycles. The molecule has 1 aromatic carbocycles. The fraction of sp³-hybridized carbons (Fsp3) is 0.714. The Morgan fingerprint density at radius 1 is 1.19 bits per heavy atom. The first-order chi connectivity index (χ1) is 15.3. The highest BCUT2D eigenvalue weighted by molar-refractivity contribution is 5.87. The van der Waals surface area contributed by atoms with Crippen molar-refractivity contribution in [2.75, 3.05) is 7.11 Å². The minimum atomic E-state index is -0.128. The van der Waals surface area contributed by atoms with Crippen molar-refractivity contribution in [3.8, 4) is 5.75 Å². The van der Waals surface area contributed by atoms with Crippen LogP contribution in [-0.2, 0) is 20.7 Å². The molecule has 2 saturated carbocycles. The number of hydrogen-bond donors (Lipinski definition) is 0. The second-order valence-corrected chi connectivity index (χ2v) is 10.9. The van der Waals surface area contributed by atoms with Crippen LogP contribution in [0.3, 0.4) is 0 Å². The number of fused-ring (bicyclic) bond motifs is 5. The van der Waals surface area contributed by atoms with Gasteiger partial charge in [-0.05, 0) is 99.3 Å². The van der Waals surface area contributed by atoms with E-state index in [1.165, 1.54) is 17.5 Å². The van der Waals surface area contributed by atoms with Crippen molar-refractivity contribution >= 4 is 11.8 Å². The zero-order valence-electron chi connectivity index (χ0n) is 20.3. The van der Waals surface area contributed by atoms with Gasteiger partial charge in [0.05, 0.1) is 13.2 Å². The normalized spacial score (nSPS) is 31.1. The van der Waals surface area contributed by atoms with Crippen LogP contribution in [0.5, 0.6) is 5.75 Å². The number of Topliss-reactive ketones (excluding diaryl/α,β-unsaturated/α-hetero) is 1. The molecule has 0 bridgehead atoms. The summed E-state index contributed by atoms with van der Waals surface area (Å²) < 4.78 is 10.7. The predicted molar refractivity (Wildman–Crippen MR) is 126 cm³/mol. The van der Waals surface area contributed by atoms with E-state index < -0.39 is 0 Å². The number of methoxy groups -OCH3 is 1. The molecule has 0 unspecified atom stereocenters. The second-order valence-electron chi connectivity index (χ2n) is 10.9. The lowest BCUT2D eigenvalue weighted by Crippen LogP contribution is -2.44. The van der Waals surface area contributed by atoms with Gasteiger partial charge < -0.3 is 9.47 Å². The van der Waals surface area contributed by atoms with Gasteiger partial charge in [0, 0.05) is 18.3 Å². The van der Waals surface area contributed by atoms with Crippen LogP contribution in [0.25, 0.3) is 0 Å². The van der Waals surface area contributed by atoms with E-state index in [2.05, 4.69) is 25.1 Å². The Balaban J connectivity index is 1.40. The molecule has 0 spiro atoms. The van der Waals surface area contributed by atoms with E-state index in [-0.39, 0.29) is 17.5 Å². The van der Waals surface area contributed by atoms with E-state index in [0.29, 0.717) is 35.9 Å². The number of rotatable bonds is 8. The average molecular weight is 441 g/mol. The Labute approximate surface area is 193 Å². The molecular formula is C28H40O4. The third kappa shape index (κ3) is 4.47. The van der Waals surface area contributed by atoms with Gasteiger partial charge in [0.15, 0.2) is 0 Å². The van der Waals surface area contributed by atoms with E-state index >= 15 is 0 Å². The molecular weight excluding hydrogens is 400 g/mol. The lowest BCUT2D eigenvalue weighted by Gasteiger charge is -2.50. The zero-order valence-corrected chi connectivity index (χ0v) is 20.3. The largest absolute Gasteiger partial charge is 0.497 e. The molecule has 176 valence electrons. The first-order valence-electron chi connectivity index (χ1n) is 12.7. The lowest BCUT2D eigenvalue weighted by atomic mass is 9.54. The van der Waals surface area contributed by atoms with Gasteiger partial charge in [0.2, 0.25) is 0 Å². The van der Waals surface area contributed by atoms with Gasteiger partial charge in [0.25, 0.3) is 0 Å². The maximum Gasteiger partial charge on any atom is 0.306 e. The molecule has 0 aromatic heterocycles. The molecule has 2 fully saturated rings. The number of benzene rings is 1. The van der Waals surface area contributed by atoms with E-state index in [0.717, 1.165) is 57.1 Å². The number of ketones is 1. The van der Waals surface area contributed by atoms with Gasteiger partial charge in [-0.25, -0.2) is 0 Å². The summed E-state index contributed by atoms with van der Waals surface area (Å²) in [6.07, 6.45) is 9.82. The van der Waals surface area contributed by atoms with Crippen molar-refractivity contribution in [3.05, 3.63) is 29.3 Å². The molecule has 0 saturated heterocycles. The molecule has 0 radical (unpaired) electrons. The summed E-state index contributed by atoms with van der Waals surface area (Å²) in [4.78, 5) is 24.9. The molecule has 3 aliphatic rings. The quantitative estimate of drug-likeness (QED) is 0.354. The molecule has 4 heteroatoms. The molecule has 1 aromatic rings. The highest BCUT2D eigenvalue weighted by Gasteiger charge is 2.58. The first-order valence-corrected chi connectivity index (χ1v) is 12.7. The number of esters is 1. The van der Waals surface area contributed by atoms with Crippen molar-refractivity contribution in [3.63, 3.8) is 0 Å². The van der Waals surface area contributed by atoms with Gasteiger partial charge >= 0.3 is 5.97 Å². The minimum absolute atomic E-state index is 0.0364. The van der Waals surface area contributed by atoms with Crippen molar-refractivity contribution in [1.29, 1.82) is 0 Å². The summed E-state index contributed by atoms with van der Waals surface area (Å²) in [6.45, 7) is 6.05. The third-order valence-corrected chi connectivity index (χ3v) is 8.60. The Bertz CT molecular complexity index is 844. The van der Waals surface area contributed by atoms with Crippen LogP contribution in [0, 0.1) is 23.2 Å². The summed E-state index contributed by atoms with van der Waals surface area (Å²) >= 11 is 0. The summed E-state index contributed by atoms with van der Waals surface area (Å²) in [6, 6.07) is 6.62. The van der Waals surface area contributed by atoms with Crippen molar-refractivity contribution in [1.82, 2.24) is 0 Å². The summed E-state index contributed by atoms with van der Waals surface area (Å²) in [5, 5.41) is 0. The highest BCUT2D eigenvalue weighted by Crippen LogP contribution is 2.62. The standard InChI is InChI=1S/C28H40O4/c1-18(2)32-26(30)9-7-5-6-8-20-17-25(29)28(3)15-14-23-22-13-11-21(31-4)16-19(22)10-12-24(23)27(20)28/h11,13,16,18,20,23-24,27H,5-10,12,14-15,17H2,1-4H3/t20-,23-,24-,27+,28-/m1/s1. The van der Waals surface area contributed by atoms with Gasteiger partial charge in [-0.2, -0.15) is 0 Å². The van der Waals surface area contributed by atoms with Crippen LogP contribution in [0.2, 0.25) is 0 Å². The molecule has 0 amide bonds. The Morgan fingerprint density at radius 2 is 2.00 bits per heavy atom. The van der Waals surface area contributed by atoms with Crippen molar-refractivity contribution in [2.45, 2.75) is 97.0 Å². The maximum absolute atomic E-state index is 13.1. The Hall–Kier alpha value is -1.84. The topological polar surface area (TPSA) is 52.6 Å². The molecule has 0 N–H and O–H groups in total. The summed E-state index contributed by atoms with van der Waals surface area (Å²) in [5.41, 5.74) is 2.82. The summed E-state index contributed by atoms with van der Waals surface area (Å²) in [7, 11) is 1.74. The number of carbonyl (C=O) groups excluding carboxylic acids is 2. The zero-order chi connectivity index (χ0) is 22.9. The molecule has 32 heavy (non-hydrogen) atoms. The van der Waals surface area contributed by atoms with Crippen molar-refractivity contribution < 1.29 is 19.1 Å². The Morgan fingerprint density at radius 3 is 2.75 bits per heavy atom. The minimum Gasteiger partial charge on any atom is -0.497 e. The van der Waals surface area contributed by atoms with Crippen molar-refractivity contribution in [2.24, 2.45) is 23.2 Å². The molecule has 3 aliphatic carbocycles. The fourth-order valence-corrected chi connectivity index (χ4v) is 7.18. The van der Waals surface area contributed by atoms with Gasteiger partial charge in [-0.15, -0.1) is 0 Å². The average Bonchev–Trinajstić information content (AvgIpc) is 3.02. The van der Waals surface area contributed by atoms with E-state index in [1.54, 1.807) is 7.11 Å². The second kappa shape index (κ2) is 9.57. The summed E-state index contributed by atoms with van der Waals surface area (Å²) in [5.74, 6) is 3.59. The maximum atomic E-state index is 13.1. The number of ether oxygens (including phenoxy) is 2. The smallest absolute Gasteiger partial charge is 0.306 e. The molecule has 5 atom stereocenters. The van der Waals surface area contributed by atoms with Gasteiger partial charge in [-0.3, -0.25) is 9.59 Å². The number of carbonyl (C=O) groups is 2. The van der Waals surface area contributed by atoms with E-state index in [1.807, 2.05) is 13.8 Å². The first kappa shape index (κ1) is 23.3. The van der Waals surface area contributed by atoms with Crippen LogP contribution in [0.4, 0.5) is 0 Å². The molecule has 4 nitrogen and oxygen atoms in total. The van der Waals surface area contributed by atoms with E-state index in [9.17, 15) is 9.59 Å². The third-order valence-electron chi connectivity index (χ3n) is 8.60. The van der Waals surface area contributed by atoms with Crippen LogP contribution in [0.15, 0.2) is 18.2 Å². The predicted octanol–water partition coefficient (Wildman–Crippen LogP) is 6.25. The fourth-order valence-electron chi connectivity index (χ4n) is 7.18. The number of hydrogen-bond acceptors (Lipinski definition) is 4. The SMILES string of the molecule is COc1ccc2c(c1)CC[C@H]1[C@@H]3[C@H](CCCCCC(=O)OC(C)C)CC(=O)[C@@]3(C)CC[C@H]21. The number of aryl methyl sites for hydroxylation is 1. The van der Waals surface area contributed by atoms with Crippen LogP contribution >= 0.6 is 0 Å². The molecule has 4 rings (SSSR count).